The van der Waals surface area contributed by atoms with Crippen LogP contribution in [0, 0.1) is 5.82 Å². The van der Waals surface area contributed by atoms with Crippen LogP contribution in [0.1, 0.15) is 38.2 Å². The summed E-state index contributed by atoms with van der Waals surface area (Å²) >= 11 is 0. The van der Waals surface area contributed by atoms with Crippen molar-refractivity contribution in [3.05, 3.63) is 59.9 Å². The molecule has 0 spiro atoms. The van der Waals surface area contributed by atoms with Gasteiger partial charge < -0.3 is 10.1 Å². The monoisotopic (exact) mass is 327 g/mol. The molecule has 3 rings (SSSR count). The van der Waals surface area contributed by atoms with E-state index in [9.17, 15) is 9.18 Å². The molecule has 0 heterocycles. The number of carbonyl (C=O) groups is 1. The highest BCUT2D eigenvalue weighted by molar-refractivity contribution is 5.99. The van der Waals surface area contributed by atoms with Crippen molar-refractivity contribution in [2.45, 2.75) is 38.0 Å². The van der Waals surface area contributed by atoms with E-state index in [-0.39, 0.29) is 11.7 Å². The van der Waals surface area contributed by atoms with E-state index in [0.29, 0.717) is 6.61 Å². The Kier molecular flexibility index (Phi) is 4.84. The molecule has 126 valence electrons. The van der Waals surface area contributed by atoms with Crippen molar-refractivity contribution in [1.29, 1.82) is 0 Å². The molecule has 1 fully saturated rings. The molecule has 0 bridgehead atoms. The van der Waals surface area contributed by atoms with Crippen molar-refractivity contribution in [3.8, 4) is 5.75 Å². The van der Waals surface area contributed by atoms with E-state index in [1.165, 1.54) is 12.1 Å². The third kappa shape index (κ3) is 3.28. The fraction of sp³-hybridized carbons (Fsp3) is 0.350. The minimum absolute atomic E-state index is 0.0604. The molecule has 1 aliphatic rings. The number of hydrogen-bond donors (Lipinski definition) is 1. The SMILES string of the molecule is CCOc1ccc(NC(=O)C2(c3cccc(F)c3)CCCC2)cc1. The number of carbonyl (C=O) groups excluding carboxylic acids is 1. The lowest BCUT2D eigenvalue weighted by Crippen LogP contribution is -2.38. The van der Waals surface area contributed by atoms with Crippen molar-refractivity contribution in [2.75, 3.05) is 11.9 Å². The molecule has 24 heavy (non-hydrogen) atoms. The van der Waals surface area contributed by atoms with Crippen molar-refractivity contribution < 1.29 is 13.9 Å². The highest BCUT2D eigenvalue weighted by Crippen LogP contribution is 2.42. The van der Waals surface area contributed by atoms with E-state index in [4.69, 9.17) is 4.74 Å². The molecule has 2 aromatic rings. The topological polar surface area (TPSA) is 38.3 Å². The fourth-order valence-corrected chi connectivity index (χ4v) is 3.46. The van der Waals surface area contributed by atoms with Gasteiger partial charge in [-0.1, -0.05) is 25.0 Å². The summed E-state index contributed by atoms with van der Waals surface area (Å²) in [7, 11) is 0. The largest absolute Gasteiger partial charge is 0.494 e. The van der Waals surface area contributed by atoms with Crippen LogP contribution in [0.3, 0.4) is 0 Å². The van der Waals surface area contributed by atoms with Gasteiger partial charge in [0.05, 0.1) is 12.0 Å². The fourth-order valence-electron chi connectivity index (χ4n) is 3.46. The minimum Gasteiger partial charge on any atom is -0.494 e. The van der Waals surface area contributed by atoms with Crippen molar-refractivity contribution >= 4 is 11.6 Å². The molecule has 1 amide bonds. The average Bonchev–Trinajstić information content (AvgIpc) is 3.08. The van der Waals surface area contributed by atoms with Gasteiger partial charge in [0.2, 0.25) is 5.91 Å². The minimum atomic E-state index is -0.638. The molecular formula is C20H22FNO2. The Morgan fingerprint density at radius 1 is 1.17 bits per heavy atom. The Labute approximate surface area is 141 Å². The summed E-state index contributed by atoms with van der Waals surface area (Å²) in [5.41, 5.74) is 0.857. The van der Waals surface area contributed by atoms with Crippen molar-refractivity contribution in [2.24, 2.45) is 0 Å². The quantitative estimate of drug-likeness (QED) is 0.866. The van der Waals surface area contributed by atoms with Gasteiger partial charge >= 0.3 is 0 Å². The molecule has 4 heteroatoms. The van der Waals surface area contributed by atoms with Crippen LogP contribution in [0.5, 0.6) is 5.75 Å². The van der Waals surface area contributed by atoms with Crippen LogP contribution >= 0.6 is 0 Å². The predicted octanol–water partition coefficient (Wildman–Crippen LogP) is 4.67. The van der Waals surface area contributed by atoms with Crippen LogP contribution in [0.15, 0.2) is 48.5 Å². The van der Waals surface area contributed by atoms with Crippen LogP contribution in [-0.2, 0) is 10.2 Å². The lowest BCUT2D eigenvalue weighted by atomic mass is 9.78. The van der Waals surface area contributed by atoms with Gasteiger partial charge in [0.1, 0.15) is 11.6 Å². The smallest absolute Gasteiger partial charge is 0.235 e. The summed E-state index contributed by atoms with van der Waals surface area (Å²) in [5.74, 6) is 0.415. The van der Waals surface area contributed by atoms with Gasteiger partial charge in [0, 0.05) is 5.69 Å². The molecule has 3 nitrogen and oxygen atoms in total. The molecule has 2 aromatic carbocycles. The molecular weight excluding hydrogens is 305 g/mol. The number of nitrogens with one attached hydrogen (secondary N) is 1. The number of anilines is 1. The maximum Gasteiger partial charge on any atom is 0.235 e. The first-order valence-electron chi connectivity index (χ1n) is 8.44. The second kappa shape index (κ2) is 7.04. The maximum absolute atomic E-state index is 13.7. The summed E-state index contributed by atoms with van der Waals surface area (Å²) in [6.07, 6.45) is 3.46. The average molecular weight is 327 g/mol. The lowest BCUT2D eigenvalue weighted by Gasteiger charge is -2.28. The summed E-state index contributed by atoms with van der Waals surface area (Å²) in [5, 5.41) is 3.00. The summed E-state index contributed by atoms with van der Waals surface area (Å²) in [4.78, 5) is 13.0. The Morgan fingerprint density at radius 2 is 1.88 bits per heavy atom. The zero-order chi connectivity index (χ0) is 17.0. The van der Waals surface area contributed by atoms with E-state index in [1.54, 1.807) is 6.07 Å². The number of ether oxygens (including phenoxy) is 1. The highest BCUT2D eigenvalue weighted by Gasteiger charge is 2.42. The van der Waals surface area contributed by atoms with E-state index in [1.807, 2.05) is 37.3 Å². The summed E-state index contributed by atoms with van der Waals surface area (Å²) < 4.78 is 19.1. The van der Waals surface area contributed by atoms with Gasteiger partial charge in [-0.3, -0.25) is 4.79 Å². The first kappa shape index (κ1) is 16.5. The van der Waals surface area contributed by atoms with Crippen molar-refractivity contribution in [3.63, 3.8) is 0 Å². The normalized spacial score (nSPS) is 15.9. The van der Waals surface area contributed by atoms with Gasteiger partial charge in [-0.15, -0.1) is 0 Å². The number of hydrogen-bond acceptors (Lipinski definition) is 2. The zero-order valence-electron chi connectivity index (χ0n) is 13.8. The molecule has 1 N–H and O–H groups in total. The number of halogens is 1. The highest BCUT2D eigenvalue weighted by atomic mass is 19.1. The zero-order valence-corrected chi connectivity index (χ0v) is 13.8. The first-order chi connectivity index (χ1) is 11.6. The van der Waals surface area contributed by atoms with E-state index < -0.39 is 5.41 Å². The third-order valence-electron chi connectivity index (χ3n) is 4.69. The Bertz CT molecular complexity index is 706. The molecule has 0 saturated heterocycles. The maximum atomic E-state index is 13.7. The predicted molar refractivity (Wildman–Crippen MR) is 92.8 cm³/mol. The summed E-state index contributed by atoms with van der Waals surface area (Å²) in [6.45, 7) is 2.53. The van der Waals surface area contributed by atoms with Crippen LogP contribution in [0.4, 0.5) is 10.1 Å². The second-order valence-corrected chi connectivity index (χ2v) is 6.21. The van der Waals surface area contributed by atoms with Gasteiger partial charge in [-0.05, 0) is 61.7 Å². The number of amides is 1. The molecule has 0 atom stereocenters. The molecule has 1 saturated carbocycles. The van der Waals surface area contributed by atoms with Gasteiger partial charge in [0.15, 0.2) is 0 Å². The van der Waals surface area contributed by atoms with Gasteiger partial charge in [-0.2, -0.15) is 0 Å². The van der Waals surface area contributed by atoms with Crippen LogP contribution in [0.25, 0.3) is 0 Å². The van der Waals surface area contributed by atoms with Gasteiger partial charge in [0.25, 0.3) is 0 Å². The van der Waals surface area contributed by atoms with Crippen LogP contribution in [-0.4, -0.2) is 12.5 Å². The standard InChI is InChI=1S/C20H22FNO2/c1-2-24-18-10-8-17(9-11-18)22-19(23)20(12-3-4-13-20)15-6-5-7-16(21)14-15/h5-11,14H,2-4,12-13H2,1H3,(H,22,23). The Morgan fingerprint density at radius 3 is 2.50 bits per heavy atom. The molecule has 0 radical (unpaired) electrons. The first-order valence-corrected chi connectivity index (χ1v) is 8.44. The van der Waals surface area contributed by atoms with E-state index in [2.05, 4.69) is 5.32 Å². The molecule has 0 unspecified atom stereocenters. The van der Waals surface area contributed by atoms with Gasteiger partial charge in [-0.25, -0.2) is 4.39 Å². The molecule has 0 aliphatic heterocycles. The van der Waals surface area contributed by atoms with Crippen LogP contribution < -0.4 is 10.1 Å². The number of benzene rings is 2. The summed E-state index contributed by atoms with van der Waals surface area (Å²) in [6, 6.07) is 13.8. The molecule has 1 aliphatic carbocycles. The Hall–Kier alpha value is -2.36. The second-order valence-electron chi connectivity index (χ2n) is 6.21. The van der Waals surface area contributed by atoms with E-state index >= 15 is 0 Å². The third-order valence-corrected chi connectivity index (χ3v) is 4.69. The van der Waals surface area contributed by atoms with E-state index in [0.717, 1.165) is 42.7 Å². The van der Waals surface area contributed by atoms with Crippen LogP contribution in [0.2, 0.25) is 0 Å². The number of rotatable bonds is 5. The van der Waals surface area contributed by atoms with Crippen molar-refractivity contribution in [1.82, 2.24) is 0 Å². The Balaban J connectivity index is 1.82. The molecule has 0 aromatic heterocycles. The lowest BCUT2D eigenvalue weighted by molar-refractivity contribution is -0.121.